The highest BCUT2D eigenvalue weighted by molar-refractivity contribution is 6.33. The third kappa shape index (κ3) is 4.18. The Kier molecular flexibility index (Phi) is 5.78. The van der Waals surface area contributed by atoms with Crippen molar-refractivity contribution in [2.24, 2.45) is 5.92 Å². The Hall–Kier alpha value is -1.27. The molecule has 1 heteroatoms. The van der Waals surface area contributed by atoms with Crippen LogP contribution in [-0.4, -0.2) is 0 Å². The molecule has 0 spiro atoms. The van der Waals surface area contributed by atoms with E-state index < -0.39 is 0 Å². The van der Waals surface area contributed by atoms with Gasteiger partial charge < -0.3 is 0 Å². The Bertz CT molecular complexity index is 606. The van der Waals surface area contributed by atoms with Crippen molar-refractivity contribution in [2.45, 2.75) is 57.8 Å². The van der Waals surface area contributed by atoms with Gasteiger partial charge in [0.2, 0.25) is 0 Å². The number of rotatable bonds is 5. The van der Waals surface area contributed by atoms with Crippen molar-refractivity contribution in [3.63, 3.8) is 0 Å². The molecule has 1 fully saturated rings. The van der Waals surface area contributed by atoms with Crippen LogP contribution in [0.4, 0.5) is 0 Å². The molecular formula is C22H27Cl. The van der Waals surface area contributed by atoms with Gasteiger partial charge in [-0.3, -0.25) is 0 Å². The molecule has 0 unspecified atom stereocenters. The fraction of sp³-hybridized carbons (Fsp3) is 0.455. The summed E-state index contributed by atoms with van der Waals surface area (Å²) in [5.74, 6) is 1.74. The van der Waals surface area contributed by atoms with Crippen molar-refractivity contribution in [3.8, 4) is 11.1 Å². The third-order valence-corrected chi connectivity index (χ3v) is 5.71. The summed E-state index contributed by atoms with van der Waals surface area (Å²) >= 11 is 6.30. The molecule has 0 atom stereocenters. The average molecular weight is 327 g/mol. The molecule has 23 heavy (non-hydrogen) atoms. The molecule has 0 bridgehead atoms. The van der Waals surface area contributed by atoms with Crippen LogP contribution in [0.1, 0.15) is 63.4 Å². The maximum absolute atomic E-state index is 6.30. The Morgan fingerprint density at radius 3 is 2.26 bits per heavy atom. The van der Waals surface area contributed by atoms with Crippen molar-refractivity contribution < 1.29 is 0 Å². The summed E-state index contributed by atoms with van der Waals surface area (Å²) in [4.78, 5) is 0. The van der Waals surface area contributed by atoms with E-state index in [1.54, 1.807) is 0 Å². The molecule has 122 valence electrons. The summed E-state index contributed by atoms with van der Waals surface area (Å²) < 4.78 is 0. The standard InChI is InChI=1S/C22H27Cl/c1-2-3-6-17-9-11-18(12-10-17)19-13-15-20(16-14-19)21-7-4-5-8-22(21)23/h4-5,7-8,13-18H,2-3,6,9-12H2,1H3. The molecule has 0 saturated heterocycles. The lowest BCUT2D eigenvalue weighted by atomic mass is 9.77. The fourth-order valence-corrected chi connectivity index (χ4v) is 4.15. The predicted molar refractivity (Wildman–Crippen MR) is 101 cm³/mol. The lowest BCUT2D eigenvalue weighted by molar-refractivity contribution is 0.304. The predicted octanol–water partition coefficient (Wildman–Crippen LogP) is 7.47. The number of benzene rings is 2. The molecule has 0 radical (unpaired) electrons. The lowest BCUT2D eigenvalue weighted by Gasteiger charge is -2.29. The zero-order valence-electron chi connectivity index (χ0n) is 14.1. The minimum Gasteiger partial charge on any atom is -0.0837 e. The van der Waals surface area contributed by atoms with Crippen molar-refractivity contribution in [1.82, 2.24) is 0 Å². The molecular weight excluding hydrogens is 300 g/mol. The van der Waals surface area contributed by atoms with Gasteiger partial charge in [0.05, 0.1) is 0 Å². The zero-order chi connectivity index (χ0) is 16.1. The van der Waals surface area contributed by atoms with Crippen LogP contribution in [0.3, 0.4) is 0 Å². The monoisotopic (exact) mass is 326 g/mol. The quantitative estimate of drug-likeness (QED) is 0.534. The molecule has 0 nitrogen and oxygen atoms in total. The van der Waals surface area contributed by atoms with Crippen LogP contribution in [0, 0.1) is 5.92 Å². The van der Waals surface area contributed by atoms with Crippen LogP contribution < -0.4 is 0 Å². The topological polar surface area (TPSA) is 0 Å². The summed E-state index contributed by atoms with van der Waals surface area (Å²) in [6.45, 7) is 2.30. The average Bonchev–Trinajstić information content (AvgIpc) is 2.61. The van der Waals surface area contributed by atoms with Gasteiger partial charge in [0, 0.05) is 10.6 Å². The van der Waals surface area contributed by atoms with E-state index in [0.717, 1.165) is 22.4 Å². The van der Waals surface area contributed by atoms with Gasteiger partial charge in [-0.25, -0.2) is 0 Å². The lowest BCUT2D eigenvalue weighted by Crippen LogP contribution is -2.13. The van der Waals surface area contributed by atoms with E-state index >= 15 is 0 Å². The highest BCUT2D eigenvalue weighted by atomic mass is 35.5. The normalized spacial score (nSPS) is 21.3. The van der Waals surface area contributed by atoms with E-state index in [0.29, 0.717) is 0 Å². The molecule has 1 saturated carbocycles. The highest BCUT2D eigenvalue weighted by Gasteiger charge is 2.21. The second kappa shape index (κ2) is 8.02. The van der Waals surface area contributed by atoms with Gasteiger partial charge in [-0.15, -0.1) is 0 Å². The largest absolute Gasteiger partial charge is 0.0837 e. The van der Waals surface area contributed by atoms with Gasteiger partial charge >= 0.3 is 0 Å². The summed E-state index contributed by atoms with van der Waals surface area (Å²) in [6, 6.07) is 17.2. The number of unbranched alkanes of at least 4 members (excludes halogenated alkanes) is 1. The number of hydrogen-bond acceptors (Lipinski definition) is 0. The van der Waals surface area contributed by atoms with E-state index in [1.165, 1.54) is 56.1 Å². The van der Waals surface area contributed by atoms with E-state index in [4.69, 9.17) is 11.6 Å². The zero-order valence-corrected chi connectivity index (χ0v) is 14.9. The summed E-state index contributed by atoms with van der Waals surface area (Å²) in [7, 11) is 0. The van der Waals surface area contributed by atoms with Crippen molar-refractivity contribution >= 4 is 11.6 Å². The molecule has 0 aliphatic heterocycles. The maximum Gasteiger partial charge on any atom is 0.0484 e. The molecule has 0 aromatic heterocycles. The van der Waals surface area contributed by atoms with Gasteiger partial charge in [-0.1, -0.05) is 80.3 Å². The minimum atomic E-state index is 0.758. The smallest absolute Gasteiger partial charge is 0.0484 e. The maximum atomic E-state index is 6.30. The third-order valence-electron chi connectivity index (χ3n) is 5.38. The first-order valence-corrected chi connectivity index (χ1v) is 9.50. The Morgan fingerprint density at radius 1 is 0.913 bits per heavy atom. The first kappa shape index (κ1) is 16.6. The van der Waals surface area contributed by atoms with Gasteiger partial charge in [0.15, 0.2) is 0 Å². The molecule has 1 aliphatic rings. The van der Waals surface area contributed by atoms with Gasteiger partial charge in [0.25, 0.3) is 0 Å². The van der Waals surface area contributed by atoms with Crippen LogP contribution in [0.25, 0.3) is 11.1 Å². The van der Waals surface area contributed by atoms with Crippen LogP contribution in [0.15, 0.2) is 48.5 Å². The molecule has 3 rings (SSSR count). The van der Waals surface area contributed by atoms with Crippen LogP contribution in [-0.2, 0) is 0 Å². The van der Waals surface area contributed by atoms with E-state index in [-0.39, 0.29) is 0 Å². The first-order valence-electron chi connectivity index (χ1n) is 9.12. The van der Waals surface area contributed by atoms with E-state index in [9.17, 15) is 0 Å². The number of halogens is 1. The summed E-state index contributed by atoms with van der Waals surface area (Å²) in [5.41, 5.74) is 3.86. The second-order valence-electron chi connectivity index (χ2n) is 6.96. The summed E-state index contributed by atoms with van der Waals surface area (Å²) in [5, 5.41) is 0.830. The molecule has 1 aliphatic carbocycles. The molecule has 0 amide bonds. The van der Waals surface area contributed by atoms with Crippen LogP contribution in [0.2, 0.25) is 5.02 Å². The van der Waals surface area contributed by atoms with Crippen LogP contribution >= 0.6 is 11.6 Å². The molecule has 0 N–H and O–H groups in total. The second-order valence-corrected chi connectivity index (χ2v) is 7.37. The summed E-state index contributed by atoms with van der Waals surface area (Å²) in [6.07, 6.45) is 9.73. The van der Waals surface area contributed by atoms with Crippen molar-refractivity contribution in [1.29, 1.82) is 0 Å². The Labute approximate surface area is 145 Å². The van der Waals surface area contributed by atoms with Crippen molar-refractivity contribution in [2.75, 3.05) is 0 Å². The van der Waals surface area contributed by atoms with Crippen LogP contribution in [0.5, 0.6) is 0 Å². The molecule has 2 aromatic carbocycles. The molecule has 2 aromatic rings. The Balaban J connectivity index is 1.63. The van der Waals surface area contributed by atoms with Gasteiger partial charge in [-0.05, 0) is 54.7 Å². The fourth-order valence-electron chi connectivity index (χ4n) is 3.91. The number of hydrogen-bond donors (Lipinski definition) is 0. The SMILES string of the molecule is CCCCC1CCC(c2ccc(-c3ccccc3Cl)cc2)CC1. The van der Waals surface area contributed by atoms with E-state index in [1.807, 2.05) is 18.2 Å². The Morgan fingerprint density at radius 2 is 1.61 bits per heavy atom. The molecule has 0 heterocycles. The first-order chi connectivity index (χ1) is 11.3. The van der Waals surface area contributed by atoms with Gasteiger partial charge in [-0.2, -0.15) is 0 Å². The highest BCUT2D eigenvalue weighted by Crippen LogP contribution is 2.38. The van der Waals surface area contributed by atoms with Gasteiger partial charge in [0.1, 0.15) is 0 Å². The van der Waals surface area contributed by atoms with Crippen molar-refractivity contribution in [3.05, 3.63) is 59.1 Å². The minimum absolute atomic E-state index is 0.758. The van der Waals surface area contributed by atoms with E-state index in [2.05, 4.69) is 37.3 Å².